The topological polar surface area (TPSA) is 158 Å². The Balaban J connectivity index is 1.43. The van der Waals surface area contributed by atoms with Gasteiger partial charge in [0.15, 0.2) is 0 Å². The zero-order valence-electron chi connectivity index (χ0n) is 21.5. The Morgan fingerprint density at radius 3 is 2.64 bits per heavy atom. The van der Waals surface area contributed by atoms with Gasteiger partial charge in [0, 0.05) is 48.6 Å². The highest BCUT2D eigenvalue weighted by Gasteiger charge is 2.16. The second-order valence-electron chi connectivity index (χ2n) is 8.44. The molecule has 2 amide bonds. The SMILES string of the molecule is CNC(=O)c1ncnc2c(CC(CNc3cc(-c4ccc(C(=O)NCCC#N)nc4)ncn3)SC)cccc12. The van der Waals surface area contributed by atoms with E-state index in [-0.39, 0.29) is 35.7 Å². The first kappa shape index (κ1) is 27.4. The maximum atomic E-state index is 12.2. The molecule has 0 spiro atoms. The summed E-state index contributed by atoms with van der Waals surface area (Å²) in [6.45, 7) is 0.920. The van der Waals surface area contributed by atoms with Crippen molar-refractivity contribution < 1.29 is 9.59 Å². The quantitative estimate of drug-likeness (QED) is 0.241. The van der Waals surface area contributed by atoms with E-state index in [4.69, 9.17) is 5.26 Å². The van der Waals surface area contributed by atoms with Crippen molar-refractivity contribution in [3.63, 3.8) is 0 Å². The first-order valence-corrected chi connectivity index (χ1v) is 13.5. The molecule has 3 heterocycles. The summed E-state index contributed by atoms with van der Waals surface area (Å²) in [7, 11) is 1.58. The summed E-state index contributed by atoms with van der Waals surface area (Å²) in [6.07, 6.45) is 7.52. The molecule has 11 nitrogen and oxygen atoms in total. The number of hydrogen-bond acceptors (Lipinski definition) is 10. The summed E-state index contributed by atoms with van der Waals surface area (Å²) in [5, 5.41) is 18.2. The molecule has 39 heavy (non-hydrogen) atoms. The van der Waals surface area contributed by atoms with Gasteiger partial charge < -0.3 is 16.0 Å². The van der Waals surface area contributed by atoms with Crippen molar-refractivity contribution in [1.29, 1.82) is 5.26 Å². The second-order valence-corrected chi connectivity index (χ2v) is 9.58. The molecule has 0 aliphatic rings. The van der Waals surface area contributed by atoms with Crippen LogP contribution in [0.5, 0.6) is 0 Å². The molecule has 12 heteroatoms. The minimum Gasteiger partial charge on any atom is -0.369 e. The zero-order valence-corrected chi connectivity index (χ0v) is 22.3. The average Bonchev–Trinajstić information content (AvgIpc) is 2.99. The molecule has 0 radical (unpaired) electrons. The highest BCUT2D eigenvalue weighted by atomic mass is 32.2. The molecule has 0 saturated carbocycles. The molecule has 1 aromatic carbocycles. The molecule has 3 N–H and O–H groups in total. The molecular formula is C27H27N9O2S. The molecule has 0 aliphatic heterocycles. The minimum absolute atomic E-state index is 0.202. The standard InChI is InChI=1S/C27H27N9O2S/c1-29-27(38)25-20-6-3-5-17(24(20)35-16-36-25)11-19(39-2)14-32-23-12-22(33-15-34-23)18-7-8-21(31-13-18)26(37)30-10-4-9-28/h3,5-8,12-13,15-16,19H,4,10-11,14H2,1-2H3,(H,29,38)(H,30,37)(H,32,33,34). The number of thioether (sulfide) groups is 1. The molecule has 4 rings (SSSR count). The predicted octanol–water partition coefficient (Wildman–Crippen LogP) is 2.87. The van der Waals surface area contributed by atoms with E-state index >= 15 is 0 Å². The Bertz CT molecular complexity index is 1510. The zero-order chi connectivity index (χ0) is 27.6. The number of nitrogens with one attached hydrogen (secondary N) is 3. The van der Waals surface area contributed by atoms with Crippen molar-refractivity contribution in [2.24, 2.45) is 0 Å². The van der Waals surface area contributed by atoms with Crippen LogP contribution in [0.4, 0.5) is 5.82 Å². The lowest BCUT2D eigenvalue weighted by Gasteiger charge is -2.17. The number of benzene rings is 1. The number of nitriles is 1. The molecule has 4 aromatic rings. The Morgan fingerprint density at radius 2 is 1.90 bits per heavy atom. The lowest BCUT2D eigenvalue weighted by atomic mass is 10.0. The Labute approximate surface area is 229 Å². The lowest BCUT2D eigenvalue weighted by Crippen LogP contribution is -2.25. The van der Waals surface area contributed by atoms with Crippen molar-refractivity contribution >= 4 is 40.3 Å². The molecule has 1 atom stereocenters. The first-order valence-electron chi connectivity index (χ1n) is 12.2. The van der Waals surface area contributed by atoms with Gasteiger partial charge in [0.05, 0.1) is 23.7 Å². The van der Waals surface area contributed by atoms with Crippen LogP contribution < -0.4 is 16.0 Å². The molecular weight excluding hydrogens is 514 g/mol. The Kier molecular flexibility index (Phi) is 9.31. The fourth-order valence-electron chi connectivity index (χ4n) is 3.93. The molecule has 0 aliphatic carbocycles. The fourth-order valence-corrected chi connectivity index (χ4v) is 4.53. The van der Waals surface area contributed by atoms with Gasteiger partial charge in [-0.15, -0.1) is 0 Å². The van der Waals surface area contributed by atoms with Crippen LogP contribution in [0.15, 0.2) is 55.2 Å². The van der Waals surface area contributed by atoms with Crippen LogP contribution in [-0.2, 0) is 6.42 Å². The van der Waals surface area contributed by atoms with Crippen LogP contribution in [0.3, 0.4) is 0 Å². The van der Waals surface area contributed by atoms with Crippen LogP contribution >= 0.6 is 11.8 Å². The van der Waals surface area contributed by atoms with Crippen LogP contribution in [-0.4, -0.2) is 68.4 Å². The second kappa shape index (κ2) is 13.3. The summed E-state index contributed by atoms with van der Waals surface area (Å²) in [5.74, 6) is 0.0953. The lowest BCUT2D eigenvalue weighted by molar-refractivity contribution is 0.0945. The van der Waals surface area contributed by atoms with E-state index in [0.717, 1.165) is 28.5 Å². The van der Waals surface area contributed by atoms with Crippen LogP contribution in [0.1, 0.15) is 33.0 Å². The average molecular weight is 542 g/mol. The van der Waals surface area contributed by atoms with Gasteiger partial charge in [0.25, 0.3) is 11.8 Å². The van der Waals surface area contributed by atoms with Crippen LogP contribution in [0, 0.1) is 11.3 Å². The number of rotatable bonds is 11. The normalized spacial score (nSPS) is 11.4. The first-order chi connectivity index (χ1) is 19.0. The van der Waals surface area contributed by atoms with Gasteiger partial charge in [0.1, 0.15) is 29.9 Å². The monoisotopic (exact) mass is 541 g/mol. The molecule has 0 bridgehead atoms. The number of para-hydroxylation sites is 1. The van der Waals surface area contributed by atoms with E-state index < -0.39 is 0 Å². The molecule has 3 aromatic heterocycles. The van der Waals surface area contributed by atoms with Gasteiger partial charge in [-0.25, -0.2) is 19.9 Å². The summed E-state index contributed by atoms with van der Waals surface area (Å²) in [4.78, 5) is 45.9. The molecule has 1 unspecified atom stereocenters. The van der Waals surface area contributed by atoms with Gasteiger partial charge in [0.2, 0.25) is 0 Å². The van der Waals surface area contributed by atoms with Crippen molar-refractivity contribution in [3.8, 4) is 17.3 Å². The maximum Gasteiger partial charge on any atom is 0.270 e. The Hall–Kier alpha value is -4.63. The van der Waals surface area contributed by atoms with E-state index in [9.17, 15) is 9.59 Å². The number of carbonyl (C=O) groups excluding carboxylic acids is 2. The maximum absolute atomic E-state index is 12.2. The molecule has 0 fully saturated rings. The van der Waals surface area contributed by atoms with Crippen LogP contribution in [0.25, 0.3) is 22.2 Å². The number of pyridine rings is 1. The Morgan fingerprint density at radius 1 is 1.05 bits per heavy atom. The fraction of sp³-hybridized carbons (Fsp3) is 0.259. The summed E-state index contributed by atoms with van der Waals surface area (Å²) in [5.41, 5.74) is 3.85. The number of nitrogens with zero attached hydrogens (tertiary/aromatic N) is 6. The largest absolute Gasteiger partial charge is 0.369 e. The summed E-state index contributed by atoms with van der Waals surface area (Å²) >= 11 is 1.73. The van der Waals surface area contributed by atoms with Crippen LogP contribution in [0.2, 0.25) is 0 Å². The minimum atomic E-state index is -0.326. The number of aromatic nitrogens is 5. The number of carbonyl (C=O) groups is 2. The third-order valence-corrected chi connectivity index (χ3v) is 6.96. The number of amides is 2. The molecule has 198 valence electrons. The third-order valence-electron chi connectivity index (χ3n) is 5.96. The number of anilines is 1. The predicted molar refractivity (Wildman–Crippen MR) is 150 cm³/mol. The smallest absolute Gasteiger partial charge is 0.270 e. The van der Waals surface area contributed by atoms with Gasteiger partial charge in [-0.05, 0) is 30.4 Å². The van der Waals surface area contributed by atoms with Crippen molar-refractivity contribution in [1.82, 2.24) is 35.6 Å². The van der Waals surface area contributed by atoms with E-state index in [2.05, 4.69) is 47.1 Å². The van der Waals surface area contributed by atoms with Gasteiger partial charge in [-0.3, -0.25) is 14.6 Å². The van der Waals surface area contributed by atoms with E-state index in [1.54, 1.807) is 37.1 Å². The third kappa shape index (κ3) is 6.82. The highest BCUT2D eigenvalue weighted by Crippen LogP contribution is 2.24. The van der Waals surface area contributed by atoms with Gasteiger partial charge >= 0.3 is 0 Å². The summed E-state index contributed by atoms with van der Waals surface area (Å²) < 4.78 is 0. The van der Waals surface area contributed by atoms with Crippen molar-refractivity contribution in [2.45, 2.75) is 18.1 Å². The van der Waals surface area contributed by atoms with Crippen molar-refractivity contribution in [3.05, 3.63) is 72.2 Å². The van der Waals surface area contributed by atoms with Crippen molar-refractivity contribution in [2.75, 3.05) is 31.7 Å². The number of hydrogen-bond donors (Lipinski definition) is 3. The van der Waals surface area contributed by atoms with Gasteiger partial charge in [-0.1, -0.05) is 18.2 Å². The molecule has 0 saturated heterocycles. The summed E-state index contributed by atoms with van der Waals surface area (Å²) in [6, 6.07) is 13.0. The van der Waals surface area contributed by atoms with Gasteiger partial charge in [-0.2, -0.15) is 17.0 Å². The van der Waals surface area contributed by atoms with E-state index in [0.29, 0.717) is 23.8 Å². The number of fused-ring (bicyclic) bond motifs is 1. The van der Waals surface area contributed by atoms with E-state index in [1.165, 1.54) is 12.7 Å². The highest BCUT2D eigenvalue weighted by molar-refractivity contribution is 7.99. The van der Waals surface area contributed by atoms with E-state index in [1.807, 2.05) is 30.3 Å².